The molecule has 0 aliphatic carbocycles. The molecule has 2 aromatic rings. The van der Waals surface area contributed by atoms with E-state index >= 15 is 0 Å². The molecule has 0 aliphatic rings. The molecule has 3 nitrogen and oxygen atoms in total. The zero-order valence-corrected chi connectivity index (χ0v) is 11.4. The molecule has 3 heteroatoms. The smallest absolute Gasteiger partial charge is 0.148 e. The number of benzene rings is 2. The summed E-state index contributed by atoms with van der Waals surface area (Å²) < 4.78 is 5.89. The summed E-state index contributed by atoms with van der Waals surface area (Å²) in [6, 6.07) is 13.8. The SMILES string of the molecule is CC(C)c1ccc(N)c(N)c1OCc1ccccc1. The molecule has 0 aliphatic heterocycles. The first-order valence-electron chi connectivity index (χ1n) is 6.44. The lowest BCUT2D eigenvalue weighted by atomic mass is 10.0. The first kappa shape index (κ1) is 13.3. The Labute approximate surface area is 114 Å². The highest BCUT2D eigenvalue weighted by atomic mass is 16.5. The largest absolute Gasteiger partial charge is 0.486 e. The Morgan fingerprint density at radius 1 is 1.00 bits per heavy atom. The van der Waals surface area contributed by atoms with Crippen molar-refractivity contribution in [3.05, 3.63) is 53.6 Å². The highest BCUT2D eigenvalue weighted by Crippen LogP contribution is 2.36. The van der Waals surface area contributed by atoms with Gasteiger partial charge in [0.05, 0.1) is 11.4 Å². The number of nitrogens with two attached hydrogens (primary N) is 2. The molecule has 0 radical (unpaired) electrons. The van der Waals surface area contributed by atoms with Gasteiger partial charge in [-0.1, -0.05) is 50.2 Å². The summed E-state index contributed by atoms with van der Waals surface area (Å²) in [7, 11) is 0. The summed E-state index contributed by atoms with van der Waals surface area (Å²) in [5, 5.41) is 0. The summed E-state index contributed by atoms with van der Waals surface area (Å²) in [5.41, 5.74) is 15.2. The van der Waals surface area contributed by atoms with Crippen molar-refractivity contribution < 1.29 is 4.74 Å². The van der Waals surface area contributed by atoms with Crippen LogP contribution in [0.5, 0.6) is 5.75 Å². The molecule has 2 rings (SSSR count). The summed E-state index contributed by atoms with van der Waals surface area (Å²) in [6.45, 7) is 4.72. The van der Waals surface area contributed by atoms with Crippen LogP contribution >= 0.6 is 0 Å². The lowest BCUT2D eigenvalue weighted by molar-refractivity contribution is 0.304. The van der Waals surface area contributed by atoms with E-state index in [-0.39, 0.29) is 0 Å². The maximum absolute atomic E-state index is 6.04. The van der Waals surface area contributed by atoms with Gasteiger partial charge in [-0.2, -0.15) is 0 Å². The molecule has 0 fully saturated rings. The molecule has 0 amide bonds. The summed E-state index contributed by atoms with van der Waals surface area (Å²) >= 11 is 0. The van der Waals surface area contributed by atoms with Crippen molar-refractivity contribution in [2.45, 2.75) is 26.4 Å². The second kappa shape index (κ2) is 5.65. The van der Waals surface area contributed by atoms with Gasteiger partial charge in [0.15, 0.2) is 0 Å². The van der Waals surface area contributed by atoms with Crippen LogP contribution in [0, 0.1) is 0 Å². The van der Waals surface area contributed by atoms with Gasteiger partial charge >= 0.3 is 0 Å². The average molecular weight is 256 g/mol. The number of anilines is 2. The maximum atomic E-state index is 6.04. The summed E-state index contributed by atoms with van der Waals surface area (Å²) in [4.78, 5) is 0. The number of nitrogen functional groups attached to an aromatic ring is 2. The van der Waals surface area contributed by atoms with Crippen molar-refractivity contribution in [3.8, 4) is 5.75 Å². The molecule has 0 atom stereocenters. The van der Waals surface area contributed by atoms with Gasteiger partial charge in [0.25, 0.3) is 0 Å². The molecule has 19 heavy (non-hydrogen) atoms. The molecule has 0 bridgehead atoms. The molecule has 0 heterocycles. The molecular weight excluding hydrogens is 236 g/mol. The van der Waals surface area contributed by atoms with Crippen LogP contribution in [0.3, 0.4) is 0 Å². The quantitative estimate of drug-likeness (QED) is 0.822. The van der Waals surface area contributed by atoms with Crippen LogP contribution in [0.1, 0.15) is 30.9 Å². The van der Waals surface area contributed by atoms with Gasteiger partial charge in [-0.15, -0.1) is 0 Å². The molecule has 2 aromatic carbocycles. The van der Waals surface area contributed by atoms with Gasteiger partial charge in [-0.3, -0.25) is 0 Å². The highest BCUT2D eigenvalue weighted by molar-refractivity contribution is 5.73. The van der Waals surface area contributed by atoms with E-state index in [1.165, 1.54) is 0 Å². The van der Waals surface area contributed by atoms with E-state index in [1.807, 2.05) is 42.5 Å². The third-order valence-corrected chi connectivity index (χ3v) is 3.11. The van der Waals surface area contributed by atoms with Crippen LogP contribution in [0.25, 0.3) is 0 Å². The van der Waals surface area contributed by atoms with Gasteiger partial charge < -0.3 is 16.2 Å². The van der Waals surface area contributed by atoms with E-state index in [2.05, 4.69) is 13.8 Å². The van der Waals surface area contributed by atoms with E-state index in [4.69, 9.17) is 16.2 Å². The molecule has 0 saturated heterocycles. The van der Waals surface area contributed by atoms with E-state index in [0.29, 0.717) is 29.6 Å². The van der Waals surface area contributed by atoms with E-state index < -0.39 is 0 Å². The fourth-order valence-electron chi connectivity index (χ4n) is 1.98. The highest BCUT2D eigenvalue weighted by Gasteiger charge is 2.13. The third-order valence-electron chi connectivity index (χ3n) is 3.11. The molecule has 100 valence electrons. The predicted molar refractivity (Wildman–Crippen MR) is 80.1 cm³/mol. The minimum atomic E-state index is 0.341. The fraction of sp³-hybridized carbons (Fsp3) is 0.250. The Kier molecular flexibility index (Phi) is 3.95. The second-order valence-electron chi connectivity index (χ2n) is 4.92. The van der Waals surface area contributed by atoms with Crippen molar-refractivity contribution in [1.82, 2.24) is 0 Å². The maximum Gasteiger partial charge on any atom is 0.148 e. The molecule has 0 spiro atoms. The normalized spacial score (nSPS) is 10.7. The fourth-order valence-corrected chi connectivity index (χ4v) is 1.98. The minimum absolute atomic E-state index is 0.341. The lowest BCUT2D eigenvalue weighted by Gasteiger charge is -2.17. The van der Waals surface area contributed by atoms with Crippen LogP contribution in [0.4, 0.5) is 11.4 Å². The number of hydrogen-bond acceptors (Lipinski definition) is 3. The standard InChI is InChI=1S/C16H20N2O/c1-11(2)13-8-9-14(17)15(18)16(13)19-10-12-6-4-3-5-7-12/h3-9,11H,10,17-18H2,1-2H3. The zero-order chi connectivity index (χ0) is 13.8. The Morgan fingerprint density at radius 2 is 1.68 bits per heavy atom. The van der Waals surface area contributed by atoms with Crippen molar-refractivity contribution in [2.75, 3.05) is 11.5 Å². The van der Waals surface area contributed by atoms with E-state index in [0.717, 1.165) is 11.1 Å². The van der Waals surface area contributed by atoms with Gasteiger partial charge in [0.2, 0.25) is 0 Å². The van der Waals surface area contributed by atoms with Gasteiger partial charge in [-0.25, -0.2) is 0 Å². The molecule has 0 unspecified atom stereocenters. The van der Waals surface area contributed by atoms with Crippen molar-refractivity contribution in [1.29, 1.82) is 0 Å². The molecular formula is C16H20N2O. The Hall–Kier alpha value is -2.16. The molecule has 0 aromatic heterocycles. The van der Waals surface area contributed by atoms with Crippen LogP contribution in [0.15, 0.2) is 42.5 Å². The van der Waals surface area contributed by atoms with Crippen LogP contribution in [-0.4, -0.2) is 0 Å². The molecule has 4 N–H and O–H groups in total. The zero-order valence-electron chi connectivity index (χ0n) is 11.4. The Morgan fingerprint density at radius 3 is 2.32 bits per heavy atom. The van der Waals surface area contributed by atoms with Crippen molar-refractivity contribution in [2.24, 2.45) is 0 Å². The van der Waals surface area contributed by atoms with Gasteiger partial charge in [-0.05, 0) is 23.1 Å². The topological polar surface area (TPSA) is 61.3 Å². The van der Waals surface area contributed by atoms with Gasteiger partial charge in [0.1, 0.15) is 12.4 Å². The Bertz CT molecular complexity index is 550. The third kappa shape index (κ3) is 2.99. The first-order valence-corrected chi connectivity index (χ1v) is 6.44. The minimum Gasteiger partial charge on any atom is -0.486 e. The van der Waals surface area contributed by atoms with Crippen LogP contribution in [0.2, 0.25) is 0 Å². The number of hydrogen-bond donors (Lipinski definition) is 2. The monoisotopic (exact) mass is 256 g/mol. The summed E-state index contributed by atoms with van der Waals surface area (Å²) in [6.07, 6.45) is 0. The second-order valence-corrected chi connectivity index (χ2v) is 4.92. The average Bonchev–Trinajstić information content (AvgIpc) is 2.41. The number of rotatable bonds is 4. The first-order chi connectivity index (χ1) is 9.09. The van der Waals surface area contributed by atoms with Crippen molar-refractivity contribution in [3.63, 3.8) is 0 Å². The lowest BCUT2D eigenvalue weighted by Crippen LogP contribution is -2.05. The number of ether oxygens (including phenoxy) is 1. The van der Waals surface area contributed by atoms with Gasteiger partial charge in [0, 0.05) is 0 Å². The predicted octanol–water partition coefficient (Wildman–Crippen LogP) is 3.55. The Balaban J connectivity index is 2.26. The van der Waals surface area contributed by atoms with E-state index in [1.54, 1.807) is 0 Å². The van der Waals surface area contributed by atoms with Crippen LogP contribution in [-0.2, 0) is 6.61 Å². The van der Waals surface area contributed by atoms with Crippen molar-refractivity contribution >= 4 is 11.4 Å². The van der Waals surface area contributed by atoms with E-state index in [9.17, 15) is 0 Å². The summed E-state index contributed by atoms with van der Waals surface area (Å²) in [5.74, 6) is 1.05. The van der Waals surface area contributed by atoms with Crippen LogP contribution < -0.4 is 16.2 Å². The molecule has 0 saturated carbocycles.